The number of aromatic amines is 1. The van der Waals surface area contributed by atoms with Gasteiger partial charge in [0.05, 0.1) is 13.7 Å². The summed E-state index contributed by atoms with van der Waals surface area (Å²) in [4.78, 5) is 3.36. The molecule has 25 heavy (non-hydrogen) atoms. The second-order valence-electron chi connectivity index (χ2n) is 6.31. The van der Waals surface area contributed by atoms with E-state index >= 15 is 0 Å². The highest BCUT2D eigenvalue weighted by molar-refractivity contribution is 5.84. The van der Waals surface area contributed by atoms with E-state index in [0.29, 0.717) is 13.2 Å². The van der Waals surface area contributed by atoms with Crippen LogP contribution in [0.2, 0.25) is 0 Å². The maximum Gasteiger partial charge on any atom is 0.163 e. The fourth-order valence-corrected chi connectivity index (χ4v) is 3.40. The van der Waals surface area contributed by atoms with E-state index in [2.05, 4.69) is 42.4 Å². The molecule has 0 aliphatic heterocycles. The molecule has 132 valence electrons. The first-order valence-electron chi connectivity index (χ1n) is 8.74. The number of hydrogen-bond donors (Lipinski definition) is 2. The molecule has 4 nitrogen and oxygen atoms in total. The monoisotopic (exact) mass is 338 g/mol. The smallest absolute Gasteiger partial charge is 0.163 e. The first-order valence-corrected chi connectivity index (χ1v) is 8.74. The van der Waals surface area contributed by atoms with E-state index in [9.17, 15) is 0 Å². The van der Waals surface area contributed by atoms with Gasteiger partial charge >= 0.3 is 0 Å². The van der Waals surface area contributed by atoms with E-state index < -0.39 is 0 Å². The molecule has 3 rings (SSSR count). The number of methoxy groups -OCH3 is 1. The second-order valence-corrected chi connectivity index (χ2v) is 6.31. The Kier molecular flexibility index (Phi) is 5.29. The van der Waals surface area contributed by atoms with Gasteiger partial charge in [0.1, 0.15) is 0 Å². The molecule has 3 aromatic rings. The Hall–Kier alpha value is -2.46. The first-order chi connectivity index (χ1) is 12.2. The van der Waals surface area contributed by atoms with Crippen LogP contribution in [0.5, 0.6) is 11.5 Å². The molecule has 4 heteroatoms. The van der Waals surface area contributed by atoms with Crippen LogP contribution in [0.4, 0.5) is 0 Å². The van der Waals surface area contributed by atoms with Crippen molar-refractivity contribution in [1.29, 1.82) is 0 Å². The minimum Gasteiger partial charge on any atom is -0.493 e. The van der Waals surface area contributed by atoms with Crippen molar-refractivity contribution in [3.05, 3.63) is 59.3 Å². The van der Waals surface area contributed by atoms with Crippen molar-refractivity contribution in [2.45, 2.75) is 26.2 Å². The van der Waals surface area contributed by atoms with Crippen molar-refractivity contribution < 1.29 is 9.47 Å². The summed E-state index contributed by atoms with van der Waals surface area (Å²) in [5.41, 5.74) is 10.9. The van der Waals surface area contributed by atoms with E-state index in [1.54, 1.807) is 7.11 Å². The number of aryl methyl sites for hydroxylation is 1. The molecule has 0 radical (unpaired) electrons. The van der Waals surface area contributed by atoms with Crippen LogP contribution < -0.4 is 15.2 Å². The molecule has 1 aromatic heterocycles. The molecule has 1 heterocycles. The molecule has 0 saturated carbocycles. The van der Waals surface area contributed by atoms with Crippen LogP contribution in [0.3, 0.4) is 0 Å². The molecule has 1 atom stereocenters. The average molecular weight is 338 g/mol. The third kappa shape index (κ3) is 3.49. The van der Waals surface area contributed by atoms with Gasteiger partial charge in [0.15, 0.2) is 11.5 Å². The molecule has 2 aromatic carbocycles. The number of nitrogens with two attached hydrogens (primary N) is 1. The Morgan fingerprint density at radius 3 is 2.76 bits per heavy atom. The lowest BCUT2D eigenvalue weighted by atomic mass is 9.91. The van der Waals surface area contributed by atoms with Gasteiger partial charge in [-0.25, -0.2) is 0 Å². The quantitative estimate of drug-likeness (QED) is 0.680. The van der Waals surface area contributed by atoms with E-state index in [0.717, 1.165) is 29.0 Å². The van der Waals surface area contributed by atoms with Gasteiger partial charge in [-0.05, 0) is 56.1 Å². The number of rotatable bonds is 7. The fraction of sp³-hybridized carbons (Fsp3) is 0.333. The molecule has 3 N–H and O–H groups in total. The molecule has 0 fully saturated rings. The maximum atomic E-state index is 6.14. The molecule has 0 saturated heterocycles. The van der Waals surface area contributed by atoms with Crippen LogP contribution in [0.1, 0.15) is 29.5 Å². The fourth-order valence-electron chi connectivity index (χ4n) is 3.40. The number of nitrogens with one attached hydrogen (secondary N) is 1. The van der Waals surface area contributed by atoms with Crippen molar-refractivity contribution in [3.63, 3.8) is 0 Å². The lowest BCUT2D eigenvalue weighted by Crippen LogP contribution is -2.15. The standard InChI is InChI=1S/C21H26N2O2/c1-4-25-20-7-5-6-15(21(20)24-3)11-16(12-22)18-13-23-19-9-8-14(2)10-17(18)19/h5-10,13,16,23H,4,11-12,22H2,1-3H3. The molecular weight excluding hydrogens is 312 g/mol. The Bertz CT molecular complexity index is 854. The number of ether oxygens (including phenoxy) is 2. The summed E-state index contributed by atoms with van der Waals surface area (Å²) in [5, 5.41) is 1.25. The Morgan fingerprint density at radius 1 is 1.20 bits per heavy atom. The topological polar surface area (TPSA) is 60.3 Å². The van der Waals surface area contributed by atoms with Gasteiger partial charge in [-0.3, -0.25) is 0 Å². The zero-order valence-corrected chi connectivity index (χ0v) is 15.1. The number of aromatic nitrogens is 1. The first kappa shape index (κ1) is 17.4. The van der Waals surface area contributed by atoms with Gasteiger partial charge in [-0.1, -0.05) is 23.8 Å². The lowest BCUT2D eigenvalue weighted by Gasteiger charge is -2.18. The predicted molar refractivity (Wildman–Crippen MR) is 103 cm³/mol. The van der Waals surface area contributed by atoms with Crippen LogP contribution in [-0.2, 0) is 6.42 Å². The molecule has 0 amide bonds. The molecule has 0 aliphatic rings. The Balaban J connectivity index is 1.97. The summed E-state index contributed by atoms with van der Waals surface area (Å²) >= 11 is 0. The van der Waals surface area contributed by atoms with Crippen molar-refractivity contribution in [2.24, 2.45) is 5.73 Å². The van der Waals surface area contributed by atoms with E-state index in [-0.39, 0.29) is 5.92 Å². The van der Waals surface area contributed by atoms with Gasteiger partial charge in [0, 0.05) is 23.0 Å². The number of para-hydroxylation sites is 1. The van der Waals surface area contributed by atoms with Crippen LogP contribution in [0.25, 0.3) is 10.9 Å². The van der Waals surface area contributed by atoms with Gasteiger partial charge in [-0.2, -0.15) is 0 Å². The summed E-state index contributed by atoms with van der Waals surface area (Å²) in [6.07, 6.45) is 2.89. The van der Waals surface area contributed by atoms with Crippen LogP contribution in [0.15, 0.2) is 42.6 Å². The number of hydrogen-bond acceptors (Lipinski definition) is 3. The van der Waals surface area contributed by atoms with Crippen molar-refractivity contribution in [2.75, 3.05) is 20.3 Å². The third-order valence-corrected chi connectivity index (χ3v) is 4.62. The van der Waals surface area contributed by atoms with Gasteiger partial charge < -0.3 is 20.2 Å². The number of benzene rings is 2. The highest BCUT2D eigenvalue weighted by Gasteiger charge is 2.19. The molecule has 0 bridgehead atoms. The minimum atomic E-state index is 0.210. The zero-order valence-electron chi connectivity index (χ0n) is 15.1. The van der Waals surface area contributed by atoms with E-state index in [4.69, 9.17) is 15.2 Å². The molecule has 0 spiro atoms. The largest absolute Gasteiger partial charge is 0.493 e. The number of fused-ring (bicyclic) bond motifs is 1. The van der Waals surface area contributed by atoms with Crippen molar-refractivity contribution in [1.82, 2.24) is 4.98 Å². The van der Waals surface area contributed by atoms with Gasteiger partial charge in [0.25, 0.3) is 0 Å². The Morgan fingerprint density at radius 2 is 2.04 bits per heavy atom. The van der Waals surface area contributed by atoms with Crippen LogP contribution >= 0.6 is 0 Å². The molecular formula is C21H26N2O2. The zero-order chi connectivity index (χ0) is 17.8. The van der Waals surface area contributed by atoms with Gasteiger partial charge in [0.2, 0.25) is 0 Å². The van der Waals surface area contributed by atoms with Crippen LogP contribution in [-0.4, -0.2) is 25.2 Å². The summed E-state index contributed by atoms with van der Waals surface area (Å²) in [5.74, 6) is 1.80. The SMILES string of the molecule is CCOc1cccc(CC(CN)c2c[nH]c3ccc(C)cc23)c1OC. The van der Waals surface area contributed by atoms with Crippen LogP contribution in [0, 0.1) is 6.92 Å². The van der Waals surface area contributed by atoms with Gasteiger partial charge in [-0.15, -0.1) is 0 Å². The second kappa shape index (κ2) is 7.62. The lowest BCUT2D eigenvalue weighted by molar-refractivity contribution is 0.309. The summed E-state index contributed by atoms with van der Waals surface area (Å²) in [6.45, 7) is 5.27. The average Bonchev–Trinajstić information content (AvgIpc) is 3.03. The maximum absolute atomic E-state index is 6.14. The minimum absolute atomic E-state index is 0.210. The van der Waals surface area contributed by atoms with E-state index in [1.807, 2.05) is 19.1 Å². The molecule has 1 unspecified atom stereocenters. The van der Waals surface area contributed by atoms with E-state index in [1.165, 1.54) is 16.5 Å². The predicted octanol–water partition coefficient (Wildman–Crippen LogP) is 4.17. The highest BCUT2D eigenvalue weighted by Crippen LogP contribution is 2.35. The highest BCUT2D eigenvalue weighted by atomic mass is 16.5. The summed E-state index contributed by atoms with van der Waals surface area (Å²) < 4.78 is 11.3. The normalized spacial score (nSPS) is 12.3. The summed E-state index contributed by atoms with van der Waals surface area (Å²) in [6, 6.07) is 12.5. The Labute approximate surface area is 149 Å². The van der Waals surface area contributed by atoms with Crippen molar-refractivity contribution >= 4 is 10.9 Å². The third-order valence-electron chi connectivity index (χ3n) is 4.62. The van der Waals surface area contributed by atoms with Crippen molar-refractivity contribution in [3.8, 4) is 11.5 Å². The molecule has 0 aliphatic carbocycles. The number of H-pyrrole nitrogens is 1. The summed E-state index contributed by atoms with van der Waals surface area (Å²) in [7, 11) is 1.69.